The maximum Gasteiger partial charge on any atom is 0.269 e. The van der Waals surface area contributed by atoms with E-state index in [2.05, 4.69) is 25.7 Å². The minimum absolute atomic E-state index is 0.171. The van der Waals surface area contributed by atoms with E-state index in [0.717, 1.165) is 49.6 Å². The van der Waals surface area contributed by atoms with Gasteiger partial charge in [0.1, 0.15) is 5.82 Å². The molecular formula is C22H28N6O. The van der Waals surface area contributed by atoms with Crippen LogP contribution in [0.5, 0.6) is 0 Å². The molecular weight excluding hydrogens is 364 g/mol. The monoisotopic (exact) mass is 392 g/mol. The van der Waals surface area contributed by atoms with Crippen molar-refractivity contribution < 1.29 is 4.79 Å². The molecule has 0 bridgehead atoms. The number of hydrogen-bond donors (Lipinski definition) is 4. The van der Waals surface area contributed by atoms with Crippen molar-refractivity contribution >= 4 is 11.6 Å². The van der Waals surface area contributed by atoms with Gasteiger partial charge in [-0.2, -0.15) is 0 Å². The Balaban J connectivity index is 1.55. The van der Waals surface area contributed by atoms with Crippen molar-refractivity contribution in [2.45, 2.75) is 25.9 Å². The fourth-order valence-electron chi connectivity index (χ4n) is 3.03. The second kappa shape index (κ2) is 11.0. The summed E-state index contributed by atoms with van der Waals surface area (Å²) in [6.07, 6.45) is 5.65. The molecule has 1 amide bonds. The van der Waals surface area contributed by atoms with Crippen molar-refractivity contribution in [2.75, 3.05) is 18.5 Å². The standard InChI is InChI=1S/C22H28N6O/c23-12-4-5-15-28(17-21-24-13-14-25-21)16-18-8-10-19(11-9-18)22(29)27-26-20-6-2-1-3-7-20/h1-3,6-11,13-14,26H,4-5,12,15-17,23H2,(H,24,25)(H,27,29). The van der Waals surface area contributed by atoms with Crippen LogP contribution in [0.15, 0.2) is 67.0 Å². The first-order valence-electron chi connectivity index (χ1n) is 9.85. The van der Waals surface area contributed by atoms with Gasteiger partial charge in [-0.05, 0) is 55.8 Å². The summed E-state index contributed by atoms with van der Waals surface area (Å²) in [5.41, 5.74) is 13.9. The van der Waals surface area contributed by atoms with Crippen LogP contribution in [0.25, 0.3) is 0 Å². The van der Waals surface area contributed by atoms with Crippen molar-refractivity contribution in [1.29, 1.82) is 0 Å². The Bertz CT molecular complexity index is 849. The highest BCUT2D eigenvalue weighted by molar-refractivity contribution is 5.94. The quantitative estimate of drug-likeness (QED) is 0.297. The Hall–Kier alpha value is -3.16. The van der Waals surface area contributed by atoms with Crippen LogP contribution < -0.4 is 16.6 Å². The van der Waals surface area contributed by atoms with Gasteiger partial charge in [0.2, 0.25) is 0 Å². The highest BCUT2D eigenvalue weighted by atomic mass is 16.2. The van der Waals surface area contributed by atoms with Crippen LogP contribution in [0, 0.1) is 0 Å². The molecule has 29 heavy (non-hydrogen) atoms. The average molecular weight is 393 g/mol. The maximum absolute atomic E-state index is 12.3. The summed E-state index contributed by atoms with van der Waals surface area (Å²) >= 11 is 0. The van der Waals surface area contributed by atoms with E-state index < -0.39 is 0 Å². The number of hydrazine groups is 1. The number of aromatic nitrogens is 2. The van der Waals surface area contributed by atoms with Crippen molar-refractivity contribution in [1.82, 2.24) is 20.3 Å². The molecule has 3 rings (SSSR count). The predicted octanol–water partition coefficient (Wildman–Crippen LogP) is 2.91. The van der Waals surface area contributed by atoms with Gasteiger partial charge in [-0.3, -0.25) is 20.5 Å². The van der Waals surface area contributed by atoms with Crippen LogP contribution in [0.4, 0.5) is 5.69 Å². The van der Waals surface area contributed by atoms with Gasteiger partial charge >= 0.3 is 0 Å². The Morgan fingerprint density at radius 1 is 1.03 bits per heavy atom. The first-order valence-corrected chi connectivity index (χ1v) is 9.85. The minimum Gasteiger partial charge on any atom is -0.348 e. The van der Waals surface area contributed by atoms with Crippen molar-refractivity contribution in [3.63, 3.8) is 0 Å². The molecule has 0 saturated carbocycles. The SMILES string of the molecule is NCCCCN(Cc1ccc(C(=O)NNc2ccccc2)cc1)Cc1ncc[nH]1. The number of nitrogens with zero attached hydrogens (tertiary/aromatic N) is 2. The molecule has 0 saturated heterocycles. The number of rotatable bonds is 11. The molecule has 2 aromatic carbocycles. The number of carbonyl (C=O) groups is 1. The second-order valence-corrected chi connectivity index (χ2v) is 6.88. The Morgan fingerprint density at radius 3 is 2.52 bits per heavy atom. The van der Waals surface area contributed by atoms with Crippen molar-refractivity contribution in [3.8, 4) is 0 Å². The van der Waals surface area contributed by atoms with Gasteiger partial charge in [-0.15, -0.1) is 0 Å². The molecule has 1 heterocycles. The first-order chi connectivity index (χ1) is 14.2. The molecule has 7 heteroatoms. The molecule has 0 radical (unpaired) electrons. The molecule has 0 fully saturated rings. The van der Waals surface area contributed by atoms with Gasteiger partial charge in [0, 0.05) is 24.5 Å². The summed E-state index contributed by atoms with van der Waals surface area (Å²) in [5.74, 6) is 0.775. The van der Waals surface area contributed by atoms with E-state index >= 15 is 0 Å². The molecule has 0 aliphatic carbocycles. The van der Waals surface area contributed by atoms with Gasteiger partial charge in [-0.25, -0.2) is 4.98 Å². The van der Waals surface area contributed by atoms with Crippen LogP contribution >= 0.6 is 0 Å². The number of hydrogen-bond acceptors (Lipinski definition) is 5. The third-order valence-electron chi connectivity index (χ3n) is 4.57. The number of benzene rings is 2. The van der Waals surface area contributed by atoms with E-state index in [1.54, 1.807) is 6.20 Å². The Morgan fingerprint density at radius 2 is 1.83 bits per heavy atom. The summed E-state index contributed by atoms with van der Waals surface area (Å²) in [7, 11) is 0. The van der Waals surface area contributed by atoms with Gasteiger partial charge in [0.05, 0.1) is 12.2 Å². The largest absolute Gasteiger partial charge is 0.348 e. The van der Waals surface area contributed by atoms with E-state index in [1.807, 2.05) is 60.8 Å². The third-order valence-corrected chi connectivity index (χ3v) is 4.57. The van der Waals surface area contributed by atoms with Crippen molar-refractivity contribution in [2.24, 2.45) is 5.73 Å². The molecule has 0 atom stereocenters. The van der Waals surface area contributed by atoms with E-state index in [0.29, 0.717) is 12.1 Å². The van der Waals surface area contributed by atoms with Gasteiger partial charge in [0.15, 0.2) is 0 Å². The lowest BCUT2D eigenvalue weighted by Gasteiger charge is -2.21. The topological polar surface area (TPSA) is 99.1 Å². The number of anilines is 1. The zero-order chi connectivity index (χ0) is 20.3. The number of aromatic amines is 1. The normalized spacial score (nSPS) is 10.8. The number of nitrogens with two attached hydrogens (primary N) is 1. The lowest BCUT2D eigenvalue weighted by atomic mass is 10.1. The van der Waals surface area contributed by atoms with Gasteiger partial charge in [-0.1, -0.05) is 30.3 Å². The van der Waals surface area contributed by atoms with Crippen LogP contribution in [0.3, 0.4) is 0 Å². The fourth-order valence-corrected chi connectivity index (χ4v) is 3.03. The average Bonchev–Trinajstić information content (AvgIpc) is 3.26. The Labute approximate surface area is 171 Å². The van der Waals surface area contributed by atoms with E-state index in [1.165, 1.54) is 0 Å². The molecule has 3 aromatic rings. The van der Waals surface area contributed by atoms with E-state index in [-0.39, 0.29) is 5.91 Å². The molecule has 7 nitrogen and oxygen atoms in total. The first kappa shape index (κ1) is 20.6. The van der Waals surface area contributed by atoms with E-state index in [4.69, 9.17) is 5.73 Å². The summed E-state index contributed by atoms with van der Waals surface area (Å²) < 4.78 is 0. The number of unbranched alkanes of at least 4 members (excludes halogenated alkanes) is 1. The molecule has 1 aromatic heterocycles. The zero-order valence-electron chi connectivity index (χ0n) is 16.5. The van der Waals surface area contributed by atoms with Crippen LogP contribution in [-0.4, -0.2) is 33.9 Å². The summed E-state index contributed by atoms with van der Waals surface area (Å²) in [6, 6.07) is 17.2. The maximum atomic E-state index is 12.3. The third kappa shape index (κ3) is 6.74. The van der Waals surface area contributed by atoms with Crippen LogP contribution in [-0.2, 0) is 13.1 Å². The lowest BCUT2D eigenvalue weighted by Crippen LogP contribution is -2.29. The number of para-hydroxylation sites is 1. The predicted molar refractivity (Wildman–Crippen MR) is 115 cm³/mol. The molecule has 152 valence electrons. The van der Waals surface area contributed by atoms with Gasteiger partial charge < -0.3 is 10.7 Å². The number of H-pyrrole nitrogens is 1. The fraction of sp³-hybridized carbons (Fsp3) is 0.273. The van der Waals surface area contributed by atoms with E-state index in [9.17, 15) is 4.79 Å². The number of carbonyl (C=O) groups excluding carboxylic acids is 1. The van der Waals surface area contributed by atoms with Crippen molar-refractivity contribution in [3.05, 3.63) is 83.9 Å². The molecule has 0 unspecified atom stereocenters. The Kier molecular flexibility index (Phi) is 7.80. The van der Waals surface area contributed by atoms with Crippen LogP contribution in [0.1, 0.15) is 34.6 Å². The zero-order valence-corrected chi connectivity index (χ0v) is 16.5. The van der Waals surface area contributed by atoms with Gasteiger partial charge in [0.25, 0.3) is 5.91 Å². The minimum atomic E-state index is -0.171. The number of amides is 1. The highest BCUT2D eigenvalue weighted by Gasteiger charge is 2.10. The summed E-state index contributed by atoms with van der Waals surface area (Å²) in [4.78, 5) is 22.1. The highest BCUT2D eigenvalue weighted by Crippen LogP contribution is 2.11. The lowest BCUT2D eigenvalue weighted by molar-refractivity contribution is 0.0962. The molecule has 0 aliphatic heterocycles. The number of imidazole rings is 1. The summed E-state index contributed by atoms with van der Waals surface area (Å²) in [5, 5.41) is 0. The second-order valence-electron chi connectivity index (χ2n) is 6.88. The number of nitrogens with one attached hydrogen (secondary N) is 3. The molecule has 5 N–H and O–H groups in total. The van der Waals surface area contributed by atoms with Crippen LogP contribution in [0.2, 0.25) is 0 Å². The smallest absolute Gasteiger partial charge is 0.269 e. The summed E-state index contributed by atoms with van der Waals surface area (Å²) in [6.45, 7) is 3.19. The molecule has 0 spiro atoms. The molecule has 0 aliphatic rings.